The van der Waals surface area contributed by atoms with E-state index in [0.29, 0.717) is 5.91 Å². The molecular weight excluding hydrogens is 415 g/mol. The van der Waals surface area contributed by atoms with Gasteiger partial charge in [0.15, 0.2) is 0 Å². The van der Waals surface area contributed by atoms with Crippen molar-refractivity contribution >= 4 is 17.8 Å². The Morgan fingerprint density at radius 3 is 2.06 bits per heavy atom. The number of fused-ring (bicyclic) bond motifs is 1. The van der Waals surface area contributed by atoms with Gasteiger partial charge in [-0.05, 0) is 61.2 Å². The largest absolute Gasteiger partial charge is 0.473 e. The molecule has 2 aromatic carbocycles. The summed E-state index contributed by atoms with van der Waals surface area (Å²) >= 11 is 0. The average Bonchev–Trinajstić information content (AvgIpc) is 2.80. The number of carbonyl (C=O) groups is 3. The van der Waals surface area contributed by atoms with E-state index in [4.69, 9.17) is 19.8 Å². The molecule has 0 aromatic heterocycles. The van der Waals surface area contributed by atoms with Crippen LogP contribution in [0, 0.1) is 11.7 Å². The van der Waals surface area contributed by atoms with E-state index in [2.05, 4.69) is 29.2 Å². The highest BCUT2D eigenvalue weighted by molar-refractivity contribution is 6.27. The maximum Gasteiger partial charge on any atom is 0.414 e. The van der Waals surface area contributed by atoms with E-state index in [1.807, 2.05) is 17.0 Å². The van der Waals surface area contributed by atoms with Crippen LogP contribution in [0.2, 0.25) is 0 Å². The van der Waals surface area contributed by atoms with Gasteiger partial charge in [-0.15, -0.1) is 0 Å². The lowest BCUT2D eigenvalue weighted by atomic mass is 9.93. The van der Waals surface area contributed by atoms with Gasteiger partial charge in [0.1, 0.15) is 5.82 Å². The summed E-state index contributed by atoms with van der Waals surface area (Å²) in [6.45, 7) is 4.28. The lowest BCUT2D eigenvalue weighted by Crippen LogP contribution is -2.44. The first kappa shape index (κ1) is 23.4. The van der Waals surface area contributed by atoms with Crippen molar-refractivity contribution in [3.8, 4) is 0 Å². The van der Waals surface area contributed by atoms with Crippen LogP contribution in [0.4, 0.5) is 4.39 Å². The third kappa shape index (κ3) is 6.37. The average molecular weight is 442 g/mol. The van der Waals surface area contributed by atoms with Crippen molar-refractivity contribution in [2.24, 2.45) is 5.92 Å². The highest BCUT2D eigenvalue weighted by Gasteiger charge is 2.30. The summed E-state index contributed by atoms with van der Waals surface area (Å²) in [4.78, 5) is 35.5. The number of benzene rings is 2. The lowest BCUT2D eigenvalue weighted by molar-refractivity contribution is -0.159. The molecule has 32 heavy (non-hydrogen) atoms. The molecule has 0 atom stereocenters. The molecule has 170 valence electrons. The number of carbonyl (C=O) groups excluding carboxylic acids is 1. The van der Waals surface area contributed by atoms with Crippen LogP contribution in [0.15, 0.2) is 48.5 Å². The molecule has 0 aliphatic carbocycles. The third-order valence-corrected chi connectivity index (χ3v) is 5.88. The van der Waals surface area contributed by atoms with E-state index in [1.54, 1.807) is 0 Å². The molecule has 0 saturated carbocycles. The number of rotatable bonds is 3. The van der Waals surface area contributed by atoms with Gasteiger partial charge in [0.05, 0.1) is 0 Å². The first-order valence-electron chi connectivity index (χ1n) is 10.6. The lowest BCUT2D eigenvalue weighted by Gasteiger charge is -2.36. The fourth-order valence-corrected chi connectivity index (χ4v) is 4.13. The summed E-state index contributed by atoms with van der Waals surface area (Å²) in [5.74, 6) is -3.38. The van der Waals surface area contributed by atoms with Crippen molar-refractivity contribution < 1.29 is 29.0 Å². The van der Waals surface area contributed by atoms with Crippen molar-refractivity contribution in [1.29, 1.82) is 0 Å². The van der Waals surface area contributed by atoms with Gasteiger partial charge in [-0.1, -0.05) is 36.4 Å². The fraction of sp³-hybridized carbons (Fsp3) is 0.375. The Labute approximate surface area is 186 Å². The number of hydrogen-bond donors (Lipinski definition) is 2. The van der Waals surface area contributed by atoms with Crippen LogP contribution in [0.1, 0.15) is 29.5 Å². The summed E-state index contributed by atoms with van der Waals surface area (Å²) in [7, 11) is 0. The number of hydrogen-bond acceptors (Lipinski definition) is 4. The van der Waals surface area contributed by atoms with Crippen molar-refractivity contribution in [2.45, 2.75) is 32.4 Å². The molecule has 7 nitrogen and oxygen atoms in total. The van der Waals surface area contributed by atoms with E-state index in [1.165, 1.54) is 23.3 Å². The van der Waals surface area contributed by atoms with Crippen molar-refractivity contribution in [1.82, 2.24) is 9.80 Å². The van der Waals surface area contributed by atoms with Crippen molar-refractivity contribution in [2.75, 3.05) is 19.6 Å². The van der Waals surface area contributed by atoms with E-state index in [-0.39, 0.29) is 11.7 Å². The highest BCUT2D eigenvalue weighted by atomic mass is 19.1. The van der Waals surface area contributed by atoms with E-state index >= 15 is 0 Å². The number of likely N-dealkylation sites (tertiary alicyclic amines) is 1. The fourth-order valence-electron chi connectivity index (χ4n) is 4.13. The van der Waals surface area contributed by atoms with Gasteiger partial charge >= 0.3 is 11.9 Å². The first-order valence-corrected chi connectivity index (χ1v) is 10.6. The maximum absolute atomic E-state index is 13.0. The summed E-state index contributed by atoms with van der Waals surface area (Å²) in [6, 6.07) is 15.2. The van der Waals surface area contributed by atoms with Crippen LogP contribution < -0.4 is 0 Å². The number of piperidine rings is 1. The van der Waals surface area contributed by atoms with Gasteiger partial charge in [0.2, 0.25) is 5.91 Å². The molecule has 8 heteroatoms. The maximum atomic E-state index is 13.0. The molecule has 0 radical (unpaired) electrons. The summed E-state index contributed by atoms with van der Waals surface area (Å²) < 4.78 is 13.0. The Hall–Kier alpha value is -3.26. The molecule has 2 heterocycles. The number of carboxylic acids is 2. The van der Waals surface area contributed by atoms with Crippen LogP contribution in [0.5, 0.6) is 0 Å². The molecule has 2 N–H and O–H groups in total. The Morgan fingerprint density at radius 2 is 1.47 bits per heavy atom. The van der Waals surface area contributed by atoms with Crippen LogP contribution in [-0.4, -0.2) is 57.5 Å². The molecule has 1 amide bonds. The summed E-state index contributed by atoms with van der Waals surface area (Å²) in [5.41, 5.74) is 3.80. The summed E-state index contributed by atoms with van der Waals surface area (Å²) in [6.07, 6.45) is 2.79. The van der Waals surface area contributed by atoms with E-state index < -0.39 is 11.9 Å². The van der Waals surface area contributed by atoms with Crippen LogP contribution in [0.25, 0.3) is 0 Å². The molecule has 2 aliphatic rings. The smallest absolute Gasteiger partial charge is 0.414 e. The number of nitrogens with zero attached hydrogens (tertiary/aromatic N) is 2. The molecule has 2 aromatic rings. The number of aliphatic carboxylic acids is 2. The highest BCUT2D eigenvalue weighted by Crippen LogP contribution is 2.25. The second-order valence-electron chi connectivity index (χ2n) is 8.07. The van der Waals surface area contributed by atoms with E-state index in [0.717, 1.165) is 57.5 Å². The topological polar surface area (TPSA) is 98.2 Å². The minimum absolute atomic E-state index is 0.143. The number of amides is 1. The molecule has 4 rings (SSSR count). The van der Waals surface area contributed by atoms with Crippen LogP contribution >= 0.6 is 0 Å². The van der Waals surface area contributed by atoms with Gasteiger partial charge in [0, 0.05) is 25.6 Å². The zero-order chi connectivity index (χ0) is 23.1. The van der Waals surface area contributed by atoms with Gasteiger partial charge in [-0.3, -0.25) is 9.69 Å². The molecule has 1 saturated heterocycles. The zero-order valence-electron chi connectivity index (χ0n) is 17.7. The Morgan fingerprint density at radius 1 is 0.875 bits per heavy atom. The first-order chi connectivity index (χ1) is 15.3. The standard InChI is InChI=1S/C22H25FN2O.C2H2O4/c23-21-7-5-17(6-8-21)15-24-12-9-19(10-13-24)22(26)25-14-11-18-3-1-2-4-20(18)16-25;3-1(4)2(5)6/h1-8,19H,9-16H2;(H,3,4)(H,5,6). The van der Waals surface area contributed by atoms with Crippen LogP contribution in [-0.2, 0) is 33.9 Å². The van der Waals surface area contributed by atoms with E-state index in [9.17, 15) is 9.18 Å². The number of halogens is 1. The molecule has 1 fully saturated rings. The Bertz CT molecular complexity index is 943. The predicted octanol–water partition coefficient (Wildman–Crippen LogP) is 2.78. The van der Waals surface area contributed by atoms with Gasteiger partial charge in [-0.2, -0.15) is 0 Å². The second-order valence-corrected chi connectivity index (χ2v) is 8.07. The second kappa shape index (κ2) is 10.9. The molecule has 0 bridgehead atoms. The van der Waals surface area contributed by atoms with Crippen LogP contribution in [0.3, 0.4) is 0 Å². The summed E-state index contributed by atoms with van der Waals surface area (Å²) in [5, 5.41) is 14.8. The normalized spacial score (nSPS) is 16.5. The van der Waals surface area contributed by atoms with Gasteiger partial charge in [-0.25, -0.2) is 14.0 Å². The minimum atomic E-state index is -1.82. The predicted molar refractivity (Wildman–Crippen MR) is 115 cm³/mol. The molecule has 0 spiro atoms. The quantitative estimate of drug-likeness (QED) is 0.710. The van der Waals surface area contributed by atoms with Crippen molar-refractivity contribution in [3.05, 3.63) is 71.0 Å². The SMILES string of the molecule is O=C(C1CCN(Cc2ccc(F)cc2)CC1)N1CCc2ccccc2C1.O=C(O)C(=O)O. The zero-order valence-corrected chi connectivity index (χ0v) is 17.7. The third-order valence-electron chi connectivity index (χ3n) is 5.88. The molecular formula is C24H27FN2O5. The monoisotopic (exact) mass is 442 g/mol. The van der Waals surface area contributed by atoms with Crippen molar-refractivity contribution in [3.63, 3.8) is 0 Å². The molecule has 0 unspecified atom stereocenters. The van der Waals surface area contributed by atoms with Gasteiger partial charge < -0.3 is 15.1 Å². The number of carboxylic acid groups (broad SMARTS) is 2. The van der Waals surface area contributed by atoms with Gasteiger partial charge in [0.25, 0.3) is 0 Å². The Balaban J connectivity index is 0.000000427. The molecule has 2 aliphatic heterocycles. The minimum Gasteiger partial charge on any atom is -0.473 e. The Kier molecular flexibility index (Phi) is 7.94.